The second-order valence-electron chi connectivity index (χ2n) is 7.72. The lowest BCUT2D eigenvalue weighted by atomic mass is 10.0. The van der Waals surface area contributed by atoms with Gasteiger partial charge in [0, 0.05) is 16.8 Å². The molecule has 0 aliphatic heterocycles. The van der Waals surface area contributed by atoms with E-state index in [1.807, 2.05) is 36.4 Å². The Bertz CT molecular complexity index is 1180. The Morgan fingerprint density at radius 1 is 0.882 bits per heavy atom. The molecule has 0 aromatic heterocycles. The van der Waals surface area contributed by atoms with Crippen LogP contribution in [0.5, 0.6) is 5.75 Å². The highest BCUT2D eigenvalue weighted by Crippen LogP contribution is 2.22. The van der Waals surface area contributed by atoms with Crippen LogP contribution in [0.4, 0.5) is 5.69 Å². The molecule has 0 unspecified atom stereocenters. The Morgan fingerprint density at radius 3 is 2.06 bits per heavy atom. The molecule has 0 saturated heterocycles. The summed E-state index contributed by atoms with van der Waals surface area (Å²) in [6.45, 7) is 5.98. The summed E-state index contributed by atoms with van der Waals surface area (Å²) in [6.07, 6.45) is 1.44. The van der Waals surface area contributed by atoms with E-state index >= 15 is 0 Å². The van der Waals surface area contributed by atoms with Gasteiger partial charge < -0.3 is 14.8 Å². The molecule has 0 aliphatic rings. The Kier molecular flexibility index (Phi) is 8.59. The van der Waals surface area contributed by atoms with E-state index in [0.29, 0.717) is 47.8 Å². The van der Waals surface area contributed by atoms with Crippen LogP contribution in [0.2, 0.25) is 0 Å². The third kappa shape index (κ3) is 7.07. The maximum Gasteiger partial charge on any atom is 0.333 e. The third-order valence-electron chi connectivity index (χ3n) is 5.00. The third-order valence-corrected chi connectivity index (χ3v) is 5.00. The fourth-order valence-electron chi connectivity index (χ4n) is 3.07. The van der Waals surface area contributed by atoms with E-state index in [4.69, 9.17) is 14.7 Å². The molecule has 172 valence electrons. The lowest BCUT2D eigenvalue weighted by molar-refractivity contribution is -0.139. The lowest BCUT2D eigenvalue weighted by Gasteiger charge is -2.09. The van der Waals surface area contributed by atoms with Gasteiger partial charge in [-0.2, -0.15) is 5.26 Å². The number of benzene rings is 3. The number of rotatable bonds is 10. The minimum absolute atomic E-state index is 0.211. The molecule has 0 heterocycles. The number of nitrogens with one attached hydrogen (secondary N) is 1. The number of carbonyl (C=O) groups excluding carboxylic acids is 2. The Labute approximate surface area is 199 Å². The van der Waals surface area contributed by atoms with Crippen LogP contribution in [0.25, 0.3) is 11.1 Å². The average molecular weight is 455 g/mol. The van der Waals surface area contributed by atoms with Gasteiger partial charge in [0.15, 0.2) is 0 Å². The Hall–Kier alpha value is -4.37. The Balaban J connectivity index is 1.44. The van der Waals surface area contributed by atoms with E-state index in [1.165, 1.54) is 0 Å². The van der Waals surface area contributed by atoms with Crippen molar-refractivity contribution in [3.8, 4) is 22.9 Å². The molecule has 3 rings (SSSR count). The van der Waals surface area contributed by atoms with Crippen LogP contribution >= 0.6 is 0 Å². The van der Waals surface area contributed by atoms with Gasteiger partial charge in [0.1, 0.15) is 5.75 Å². The van der Waals surface area contributed by atoms with Crippen LogP contribution in [0, 0.1) is 11.3 Å². The van der Waals surface area contributed by atoms with Crippen LogP contribution in [0.15, 0.2) is 84.9 Å². The van der Waals surface area contributed by atoms with E-state index < -0.39 is 0 Å². The van der Waals surface area contributed by atoms with E-state index in [2.05, 4.69) is 18.0 Å². The highest BCUT2D eigenvalue weighted by Gasteiger charge is 2.07. The molecule has 6 heteroatoms. The largest absolute Gasteiger partial charge is 0.494 e. The standard InChI is InChI=1S/C28H26N2O4/c1-20(2)28(32)34-18-4-3-17-33-26-15-11-24(12-16-26)27(31)30-25-13-9-23(10-14-25)22-7-5-21(19-29)6-8-22/h5-16H,1,3-4,17-18H2,2H3,(H,30,31). The molecule has 0 radical (unpaired) electrons. The summed E-state index contributed by atoms with van der Waals surface area (Å²) in [5.74, 6) is 0.0799. The molecule has 3 aromatic carbocycles. The van der Waals surface area contributed by atoms with Crippen molar-refractivity contribution >= 4 is 17.6 Å². The van der Waals surface area contributed by atoms with Gasteiger partial charge in [-0.15, -0.1) is 0 Å². The zero-order valence-corrected chi connectivity index (χ0v) is 19.0. The van der Waals surface area contributed by atoms with Gasteiger partial charge in [-0.05, 0) is 79.4 Å². The number of ether oxygens (including phenoxy) is 2. The number of unbranched alkanes of at least 4 members (excludes halogenated alkanes) is 1. The molecule has 3 aromatic rings. The monoisotopic (exact) mass is 454 g/mol. The maximum atomic E-state index is 12.6. The summed E-state index contributed by atoms with van der Waals surface area (Å²) in [5, 5.41) is 11.8. The van der Waals surface area contributed by atoms with Crippen molar-refractivity contribution in [2.75, 3.05) is 18.5 Å². The lowest BCUT2D eigenvalue weighted by Crippen LogP contribution is -2.11. The Morgan fingerprint density at radius 2 is 1.47 bits per heavy atom. The van der Waals surface area contributed by atoms with Crippen LogP contribution in [-0.2, 0) is 9.53 Å². The molecule has 1 amide bonds. The number of esters is 1. The molecule has 6 nitrogen and oxygen atoms in total. The van der Waals surface area contributed by atoms with Gasteiger partial charge in [0.2, 0.25) is 0 Å². The van der Waals surface area contributed by atoms with E-state index in [-0.39, 0.29) is 11.9 Å². The molecule has 34 heavy (non-hydrogen) atoms. The van der Waals surface area contributed by atoms with E-state index in [9.17, 15) is 9.59 Å². The van der Waals surface area contributed by atoms with Gasteiger partial charge in [-0.3, -0.25) is 4.79 Å². The van der Waals surface area contributed by atoms with Crippen molar-refractivity contribution in [3.63, 3.8) is 0 Å². The molecule has 0 fully saturated rings. The first kappa shape index (κ1) is 24.3. The minimum atomic E-state index is -0.378. The quantitative estimate of drug-likeness (QED) is 0.239. The molecule has 0 bridgehead atoms. The van der Waals surface area contributed by atoms with Gasteiger partial charge >= 0.3 is 5.97 Å². The zero-order valence-electron chi connectivity index (χ0n) is 19.0. The molecule has 1 N–H and O–H groups in total. The average Bonchev–Trinajstić information content (AvgIpc) is 2.86. The fraction of sp³-hybridized carbons (Fsp3) is 0.179. The summed E-state index contributed by atoms with van der Waals surface area (Å²) in [5.41, 5.74) is 4.22. The molecule has 0 atom stereocenters. The van der Waals surface area contributed by atoms with Crippen LogP contribution in [-0.4, -0.2) is 25.1 Å². The topological polar surface area (TPSA) is 88.4 Å². The van der Waals surface area contributed by atoms with Gasteiger partial charge in [-0.25, -0.2) is 4.79 Å². The first-order valence-electron chi connectivity index (χ1n) is 10.9. The molecule has 0 saturated carbocycles. The van der Waals surface area contributed by atoms with Crippen molar-refractivity contribution in [2.24, 2.45) is 0 Å². The fourth-order valence-corrected chi connectivity index (χ4v) is 3.07. The van der Waals surface area contributed by atoms with E-state index in [1.54, 1.807) is 43.3 Å². The SMILES string of the molecule is C=C(C)C(=O)OCCCCOc1ccc(C(=O)Nc2ccc(-c3ccc(C#N)cc3)cc2)cc1. The number of amides is 1. The number of nitriles is 1. The first-order chi connectivity index (χ1) is 16.5. The normalized spacial score (nSPS) is 10.1. The van der Waals surface area contributed by atoms with Crippen molar-refractivity contribution < 1.29 is 19.1 Å². The summed E-state index contributed by atoms with van der Waals surface area (Å²) in [4.78, 5) is 23.9. The number of hydrogen-bond donors (Lipinski definition) is 1. The molecular weight excluding hydrogens is 428 g/mol. The maximum absolute atomic E-state index is 12.6. The summed E-state index contributed by atoms with van der Waals surface area (Å²) in [6, 6.07) is 23.9. The summed E-state index contributed by atoms with van der Waals surface area (Å²) < 4.78 is 10.7. The number of carbonyl (C=O) groups is 2. The smallest absolute Gasteiger partial charge is 0.333 e. The number of anilines is 1. The highest BCUT2D eigenvalue weighted by molar-refractivity contribution is 6.04. The van der Waals surface area contributed by atoms with Crippen molar-refractivity contribution in [1.29, 1.82) is 5.26 Å². The zero-order chi connectivity index (χ0) is 24.3. The predicted octanol–water partition coefficient (Wildman–Crippen LogP) is 5.76. The second-order valence-corrected chi connectivity index (χ2v) is 7.72. The van der Waals surface area contributed by atoms with Crippen LogP contribution < -0.4 is 10.1 Å². The number of nitrogens with zero attached hydrogens (tertiary/aromatic N) is 1. The highest BCUT2D eigenvalue weighted by atomic mass is 16.5. The molecule has 0 aliphatic carbocycles. The first-order valence-corrected chi connectivity index (χ1v) is 10.9. The summed E-state index contributed by atoms with van der Waals surface area (Å²) >= 11 is 0. The van der Waals surface area contributed by atoms with E-state index in [0.717, 1.165) is 17.5 Å². The van der Waals surface area contributed by atoms with Crippen molar-refractivity contribution in [3.05, 3.63) is 96.1 Å². The van der Waals surface area contributed by atoms with Crippen molar-refractivity contribution in [2.45, 2.75) is 19.8 Å². The minimum Gasteiger partial charge on any atom is -0.494 e. The van der Waals surface area contributed by atoms with Gasteiger partial charge in [-0.1, -0.05) is 30.8 Å². The van der Waals surface area contributed by atoms with Gasteiger partial charge in [0.25, 0.3) is 5.91 Å². The van der Waals surface area contributed by atoms with Crippen LogP contribution in [0.3, 0.4) is 0 Å². The van der Waals surface area contributed by atoms with Gasteiger partial charge in [0.05, 0.1) is 24.8 Å². The predicted molar refractivity (Wildman–Crippen MR) is 131 cm³/mol. The number of hydrogen-bond acceptors (Lipinski definition) is 5. The van der Waals surface area contributed by atoms with Crippen LogP contribution in [0.1, 0.15) is 35.7 Å². The van der Waals surface area contributed by atoms with Crippen molar-refractivity contribution in [1.82, 2.24) is 0 Å². The molecular formula is C28H26N2O4. The molecule has 0 spiro atoms. The second kappa shape index (κ2) is 12.0. The summed E-state index contributed by atoms with van der Waals surface area (Å²) in [7, 11) is 0.